The Balaban J connectivity index is 1.03. The summed E-state index contributed by atoms with van der Waals surface area (Å²) in [6.45, 7) is -8.27. The van der Waals surface area contributed by atoms with Crippen LogP contribution in [-0.4, -0.2) is 518 Å². The van der Waals surface area contributed by atoms with Gasteiger partial charge >= 0.3 is 5.97 Å². The number of aliphatic carboxylic acids is 1. The van der Waals surface area contributed by atoms with Crippen LogP contribution in [0.15, 0.2) is 0 Å². The van der Waals surface area contributed by atoms with Gasteiger partial charge in [-0.05, 0) is 70.6 Å². The van der Waals surface area contributed by atoms with Gasteiger partial charge < -0.3 is 220 Å². The van der Waals surface area contributed by atoms with Gasteiger partial charge in [0.2, 0.25) is 41.4 Å². The van der Waals surface area contributed by atoms with Crippen molar-refractivity contribution in [1.29, 1.82) is 0 Å². The highest BCUT2D eigenvalue weighted by atomic mass is 16.7. The Bertz CT molecular complexity index is 3150. The highest BCUT2D eigenvalue weighted by Gasteiger charge is 2.50. The molecule has 748 valence electrons. The van der Waals surface area contributed by atoms with E-state index in [9.17, 15) is 166 Å². The number of carboxylic acid groups (broad SMARTS) is 1. The van der Waals surface area contributed by atoms with Crippen LogP contribution in [-0.2, 0) is 95.2 Å². The fourth-order valence-electron chi connectivity index (χ4n) is 14.6. The number of amides is 7. The van der Waals surface area contributed by atoms with Crippen LogP contribution in [0.25, 0.3) is 0 Å². The first kappa shape index (κ1) is 112. The molecular weight excluding hydrogens is 1740 g/mol. The van der Waals surface area contributed by atoms with E-state index in [4.69, 9.17) is 56.8 Å². The van der Waals surface area contributed by atoms with Gasteiger partial charge in [-0.2, -0.15) is 0 Å². The van der Waals surface area contributed by atoms with Gasteiger partial charge in [-0.15, -0.1) is 0 Å². The van der Waals surface area contributed by atoms with Crippen LogP contribution in [0.3, 0.4) is 0 Å². The summed E-state index contributed by atoms with van der Waals surface area (Å²) in [5, 5.41) is 264. The molecule has 0 aromatic heterocycles. The number of carboxylic acids is 1. The fourth-order valence-corrected chi connectivity index (χ4v) is 14.6. The lowest BCUT2D eigenvalue weighted by atomic mass is 9.99. The van der Waals surface area contributed by atoms with Crippen molar-refractivity contribution in [2.24, 2.45) is 0 Å². The topological polar surface area (TPSA) is 811 Å². The second kappa shape index (κ2) is 57.9. The van der Waals surface area contributed by atoms with Crippen molar-refractivity contribution in [3.8, 4) is 0 Å². The van der Waals surface area contributed by atoms with Crippen molar-refractivity contribution in [2.75, 3.05) is 132 Å². The third kappa shape index (κ3) is 34.6. The number of aliphatic hydroxyl groups excluding tert-OH is 24. The molecule has 6 rings (SSSR count). The van der Waals surface area contributed by atoms with Crippen LogP contribution < -0.4 is 21.3 Å². The van der Waals surface area contributed by atoms with Crippen LogP contribution in [0.2, 0.25) is 0 Å². The van der Waals surface area contributed by atoms with Gasteiger partial charge in [-0.3, -0.25) is 33.6 Å². The number of hydrogen-bond donors (Lipinski definition) is 29. The van der Waals surface area contributed by atoms with Gasteiger partial charge in [0.05, 0.1) is 79.3 Å². The third-order valence-electron chi connectivity index (χ3n) is 22.6. The molecule has 6 heterocycles. The maximum atomic E-state index is 14.2. The first-order chi connectivity index (χ1) is 61.5. The molecule has 0 radical (unpaired) electrons. The molecule has 0 saturated carbocycles. The summed E-state index contributed by atoms with van der Waals surface area (Å²) in [6.07, 6.45) is -49.5. The number of rotatable bonds is 58. The summed E-state index contributed by atoms with van der Waals surface area (Å²) in [5.74, 6) is -5.76. The minimum absolute atomic E-state index is 0.00735. The Labute approximate surface area is 740 Å². The SMILES string of the molecule is O=C(CCCCC(=O)N(CCO[C@H]1O[C@H](CO)[C@@H](O)[C@H](O)[C@@H]1O)CCO[C@H]1O[C@H](CO)[C@@H](O)[C@H](O)[C@@H]1O)NCCCC[C@H](NC(=O)[C@H](CCCNC(=O)CCCCC(=O)N(CCO[C@H]1O[C@H](CO)[C@@H](O)[C@H](O)[C@@H]1O)CCO[C@H]1O[C@H](CO)[C@@H](O)[C@H](O)[C@@H]1O)NC(=O)CCCCC(=O)N(CCO[C@H]1O[C@H](CO)[C@@H](O)[C@H](O)[C@@H]1O)CCO[C@H]1O[C@H](CO)[C@@H](O)[C@H](O)[C@@H]1O)C(=O)O. The molecule has 6 aliphatic heterocycles. The Hall–Kier alpha value is -5.68. The van der Waals surface area contributed by atoms with Gasteiger partial charge in [0.1, 0.15) is 159 Å². The van der Waals surface area contributed by atoms with E-state index in [0.717, 1.165) is 0 Å². The molecular formula is C77H135N7O45. The van der Waals surface area contributed by atoms with E-state index in [1.54, 1.807) is 0 Å². The van der Waals surface area contributed by atoms with Crippen molar-refractivity contribution in [2.45, 2.75) is 305 Å². The van der Waals surface area contributed by atoms with Crippen molar-refractivity contribution >= 4 is 47.3 Å². The molecule has 6 aliphatic rings. The summed E-state index contributed by atoms with van der Waals surface area (Å²) in [6, 6.07) is -3.01. The summed E-state index contributed by atoms with van der Waals surface area (Å²) in [4.78, 5) is 112. The van der Waals surface area contributed by atoms with Crippen molar-refractivity contribution < 1.29 is 223 Å². The third-order valence-corrected chi connectivity index (χ3v) is 22.6. The predicted molar refractivity (Wildman–Crippen MR) is 424 cm³/mol. The van der Waals surface area contributed by atoms with Crippen molar-refractivity contribution in [3.63, 3.8) is 0 Å². The van der Waals surface area contributed by atoms with Crippen LogP contribution in [0.5, 0.6) is 0 Å². The lowest BCUT2D eigenvalue weighted by Gasteiger charge is -2.40. The molecule has 0 bridgehead atoms. The maximum absolute atomic E-state index is 14.2. The molecule has 29 N–H and O–H groups in total. The summed E-state index contributed by atoms with van der Waals surface area (Å²) >= 11 is 0. The van der Waals surface area contributed by atoms with Crippen LogP contribution in [0.1, 0.15) is 109 Å². The molecule has 0 spiro atoms. The van der Waals surface area contributed by atoms with Gasteiger partial charge in [-0.25, -0.2) is 4.79 Å². The maximum Gasteiger partial charge on any atom is 0.326 e. The Kier molecular flexibility index (Phi) is 50.3. The minimum atomic E-state index is -1.80. The molecule has 129 heavy (non-hydrogen) atoms. The van der Waals surface area contributed by atoms with Gasteiger partial charge in [0.25, 0.3) is 0 Å². The normalized spacial score (nSPS) is 33.6. The summed E-state index contributed by atoms with van der Waals surface area (Å²) in [7, 11) is 0. The average molecular weight is 1880 g/mol. The zero-order valence-corrected chi connectivity index (χ0v) is 71.3. The lowest BCUT2D eigenvalue weighted by Crippen LogP contribution is -2.59. The minimum Gasteiger partial charge on any atom is -0.480 e. The summed E-state index contributed by atoms with van der Waals surface area (Å²) < 4.78 is 65.8. The van der Waals surface area contributed by atoms with Gasteiger partial charge in [-0.1, -0.05) is 0 Å². The second-order valence-corrected chi connectivity index (χ2v) is 32.0. The molecule has 6 fully saturated rings. The smallest absolute Gasteiger partial charge is 0.326 e. The Morgan fingerprint density at radius 3 is 0.729 bits per heavy atom. The Morgan fingerprint density at radius 1 is 0.264 bits per heavy atom. The molecule has 0 unspecified atom stereocenters. The van der Waals surface area contributed by atoms with Crippen molar-refractivity contribution in [3.05, 3.63) is 0 Å². The first-order valence-corrected chi connectivity index (χ1v) is 43.2. The lowest BCUT2D eigenvalue weighted by molar-refractivity contribution is -0.303. The number of unbranched alkanes of at least 4 members (excludes halogenated alkanes) is 4. The molecule has 0 aliphatic carbocycles. The van der Waals surface area contributed by atoms with E-state index in [1.807, 2.05) is 0 Å². The zero-order chi connectivity index (χ0) is 95.3. The fraction of sp³-hybridized carbons (Fsp3) is 0.896. The number of ether oxygens (including phenoxy) is 12. The van der Waals surface area contributed by atoms with Crippen LogP contribution in [0.4, 0.5) is 0 Å². The molecule has 0 aromatic rings. The highest BCUT2D eigenvalue weighted by molar-refractivity contribution is 5.90. The summed E-state index contributed by atoms with van der Waals surface area (Å²) in [5.41, 5.74) is 0. The quantitative estimate of drug-likeness (QED) is 0.0251. The number of aliphatic hydroxyl groups is 24. The largest absolute Gasteiger partial charge is 0.480 e. The molecule has 6 saturated heterocycles. The van der Waals surface area contributed by atoms with Crippen LogP contribution in [0, 0.1) is 0 Å². The number of nitrogens with one attached hydrogen (secondary N) is 4. The van der Waals surface area contributed by atoms with Gasteiger partial charge in [0.15, 0.2) is 37.7 Å². The van der Waals surface area contributed by atoms with E-state index >= 15 is 0 Å². The number of hydrogen-bond acceptors (Lipinski definition) is 44. The van der Waals surface area contributed by atoms with Crippen molar-refractivity contribution in [1.82, 2.24) is 36.0 Å². The van der Waals surface area contributed by atoms with E-state index in [-0.39, 0.29) is 188 Å². The van der Waals surface area contributed by atoms with E-state index in [1.165, 1.54) is 14.7 Å². The van der Waals surface area contributed by atoms with Gasteiger partial charge in [0, 0.05) is 90.9 Å². The number of carbonyl (C=O) groups excluding carboxylic acids is 7. The van der Waals surface area contributed by atoms with E-state index < -0.39 is 296 Å². The second-order valence-electron chi connectivity index (χ2n) is 32.0. The number of nitrogens with zero attached hydrogens (tertiary/aromatic N) is 3. The van der Waals surface area contributed by atoms with Crippen LogP contribution >= 0.6 is 0 Å². The molecule has 52 heteroatoms. The number of carbonyl (C=O) groups is 8. The molecule has 32 atom stereocenters. The molecule has 52 nitrogen and oxygen atoms in total. The molecule has 0 aromatic carbocycles. The standard InChI is InChI=1S/C77H135N7O45/c85-32-40-52(97)58(103)64(109)72(124-40)118-26-20-82(21-27-119-73-65(110)59(104)53(98)41(33-86)125-73)49(94)15-4-1-12-46(91)78-18-8-7-10-39(71(116)117)81-70(115)38(80-48(93)14-3-6-17-51(96)84(24-30-122-76-68(113)62(107)56(101)44(36-89)128-76)25-31-123-77-69(114)63(108)57(102)45(37-90)129-77)11-9-19-79-47(92)13-2-5-16-50(95)83(22-28-120-74-66(111)60(105)54(99)42(34-87)126-74)23-29-121-75-67(112)61(106)55(100)43(35-88)127-75/h38-45,52-69,72-77,85-90,97-114H,1-37H2,(H,78,91)(H,79,92)(H,80,93)(H,81,115)(H,116,117)/t38-,39-,40+,41+,42+,43+,44+,45+,52+,53+,54+,55+,56+,57+,58-,59-,60-,61-,62-,63-,64-,65-,66-,67-,68-,69-,72-,73-,74-,75-,76-,77-/m0/s1. The molecule has 7 amide bonds. The van der Waals surface area contributed by atoms with E-state index in [0.29, 0.717) is 0 Å². The zero-order valence-electron chi connectivity index (χ0n) is 71.3. The average Bonchev–Trinajstić information content (AvgIpc) is 0.840. The highest BCUT2D eigenvalue weighted by Crippen LogP contribution is 2.29. The monoisotopic (exact) mass is 1880 g/mol. The predicted octanol–water partition coefficient (Wildman–Crippen LogP) is -15.7. The first-order valence-electron chi connectivity index (χ1n) is 43.2. The van der Waals surface area contributed by atoms with E-state index in [2.05, 4.69) is 21.3 Å². The Morgan fingerprint density at radius 2 is 0.488 bits per heavy atom.